The van der Waals surface area contributed by atoms with Crippen LogP contribution in [0, 0.1) is 0 Å². The van der Waals surface area contributed by atoms with Crippen LogP contribution in [0.15, 0.2) is 47.4 Å². The van der Waals surface area contributed by atoms with Crippen LogP contribution in [-0.2, 0) is 0 Å². The van der Waals surface area contributed by atoms with Gasteiger partial charge in [0.15, 0.2) is 5.82 Å². The fourth-order valence-corrected chi connectivity index (χ4v) is 3.84. The minimum absolute atomic E-state index is 0.685. The van der Waals surface area contributed by atoms with Crippen LogP contribution in [0.4, 0.5) is 5.82 Å². The maximum Gasteiger partial charge on any atom is 0.154 e. The summed E-state index contributed by atoms with van der Waals surface area (Å²) in [5.41, 5.74) is 2.01. The summed E-state index contributed by atoms with van der Waals surface area (Å²) in [6, 6.07) is 14.2. The van der Waals surface area contributed by atoms with E-state index in [1.807, 2.05) is 30.4 Å². The number of fused-ring (bicyclic) bond motifs is 1. The van der Waals surface area contributed by atoms with Gasteiger partial charge in [-0.2, -0.15) is 0 Å². The molecule has 1 heterocycles. The van der Waals surface area contributed by atoms with Gasteiger partial charge in [0.05, 0.1) is 5.52 Å². The Morgan fingerprint density at radius 1 is 1.03 bits per heavy atom. The molecule has 0 aliphatic carbocycles. The smallest absolute Gasteiger partial charge is 0.154 e. The lowest BCUT2D eigenvalue weighted by molar-refractivity contribution is 0.303. The van der Waals surface area contributed by atoms with Gasteiger partial charge in [-0.25, -0.2) is 9.97 Å². The second kappa shape index (κ2) is 11.3. The van der Waals surface area contributed by atoms with Crippen LogP contribution in [0.5, 0.6) is 0 Å². The average Bonchev–Trinajstić information content (AvgIpc) is 2.78. The monoisotopic (exact) mass is 440 g/mol. The van der Waals surface area contributed by atoms with Gasteiger partial charge in [0.2, 0.25) is 0 Å². The first kappa shape index (κ1) is 22.6. The summed E-state index contributed by atoms with van der Waals surface area (Å²) < 4.78 is 0. The van der Waals surface area contributed by atoms with Crippen LogP contribution in [-0.4, -0.2) is 47.3 Å². The largest absolute Gasteiger partial charge is 0.369 e. The number of aromatic nitrogens is 2. The molecule has 0 aliphatic heterocycles. The van der Waals surface area contributed by atoms with Crippen LogP contribution in [0.1, 0.15) is 31.7 Å². The summed E-state index contributed by atoms with van der Waals surface area (Å²) >= 11 is 7.97. The van der Waals surface area contributed by atoms with Gasteiger partial charge in [-0.1, -0.05) is 43.7 Å². The Labute approximate surface area is 188 Å². The molecular weight excluding hydrogens is 412 g/mol. The molecule has 0 fully saturated rings. The van der Waals surface area contributed by atoms with Gasteiger partial charge in [0.1, 0.15) is 5.82 Å². The number of anilines is 1. The summed E-state index contributed by atoms with van der Waals surface area (Å²) in [5.74, 6) is 1.52. The number of nitrogens with one attached hydrogen (secondary N) is 1. The molecule has 0 atom stereocenters. The first-order chi connectivity index (χ1) is 14.6. The minimum atomic E-state index is 0.685. The SMILES string of the molecule is CCN(CC)CCCNc1nc(C=Cc2ccc(SC)cc2)nc2ccc(Cl)cc12. The summed E-state index contributed by atoms with van der Waals surface area (Å²) in [6.07, 6.45) is 7.14. The number of hydrogen-bond donors (Lipinski definition) is 1. The van der Waals surface area contributed by atoms with Gasteiger partial charge in [0, 0.05) is 21.8 Å². The second-order valence-corrected chi connectivity index (χ2v) is 8.32. The van der Waals surface area contributed by atoms with Crippen molar-refractivity contribution in [3.8, 4) is 0 Å². The maximum atomic E-state index is 6.23. The molecule has 1 N–H and O–H groups in total. The van der Waals surface area contributed by atoms with E-state index in [0.717, 1.165) is 54.9 Å². The van der Waals surface area contributed by atoms with Crippen molar-refractivity contribution in [1.82, 2.24) is 14.9 Å². The third-order valence-corrected chi connectivity index (χ3v) is 6.03. The van der Waals surface area contributed by atoms with Gasteiger partial charge in [-0.3, -0.25) is 0 Å². The van der Waals surface area contributed by atoms with E-state index in [4.69, 9.17) is 21.6 Å². The second-order valence-electron chi connectivity index (χ2n) is 7.01. The molecule has 0 bridgehead atoms. The average molecular weight is 441 g/mol. The van der Waals surface area contributed by atoms with Gasteiger partial charge >= 0.3 is 0 Å². The fraction of sp³-hybridized carbons (Fsp3) is 0.333. The molecule has 3 aromatic rings. The zero-order valence-corrected chi connectivity index (χ0v) is 19.4. The van der Waals surface area contributed by atoms with Crippen LogP contribution in [0.2, 0.25) is 5.02 Å². The summed E-state index contributed by atoms with van der Waals surface area (Å²) in [6.45, 7) is 8.48. The molecule has 3 rings (SSSR count). The highest BCUT2D eigenvalue weighted by molar-refractivity contribution is 7.98. The molecule has 2 aromatic carbocycles. The predicted molar refractivity (Wildman–Crippen MR) is 133 cm³/mol. The minimum Gasteiger partial charge on any atom is -0.369 e. The zero-order valence-electron chi connectivity index (χ0n) is 17.9. The Bertz CT molecular complexity index is 984. The first-order valence-corrected chi connectivity index (χ1v) is 12.0. The molecule has 0 amide bonds. The molecule has 0 spiro atoms. The highest BCUT2D eigenvalue weighted by Gasteiger charge is 2.08. The molecule has 158 valence electrons. The van der Waals surface area contributed by atoms with Gasteiger partial charge in [0.25, 0.3) is 0 Å². The molecule has 0 saturated heterocycles. The van der Waals surface area contributed by atoms with E-state index in [-0.39, 0.29) is 0 Å². The number of benzene rings is 2. The lowest BCUT2D eigenvalue weighted by Gasteiger charge is -2.18. The molecule has 1 aromatic heterocycles. The first-order valence-electron chi connectivity index (χ1n) is 10.4. The summed E-state index contributed by atoms with van der Waals surface area (Å²) in [4.78, 5) is 13.1. The fourth-order valence-electron chi connectivity index (χ4n) is 3.26. The molecule has 0 unspecified atom stereocenters. The predicted octanol–water partition coefficient (Wildman–Crippen LogP) is 6.32. The van der Waals surface area contributed by atoms with Gasteiger partial charge in [-0.05, 0) is 74.3 Å². The highest BCUT2D eigenvalue weighted by Crippen LogP contribution is 2.25. The van der Waals surface area contributed by atoms with Crippen molar-refractivity contribution < 1.29 is 0 Å². The van der Waals surface area contributed by atoms with Gasteiger partial charge in [-0.15, -0.1) is 11.8 Å². The Morgan fingerprint density at radius 2 is 1.80 bits per heavy atom. The topological polar surface area (TPSA) is 41.0 Å². The van der Waals surface area contributed by atoms with Crippen LogP contribution < -0.4 is 5.32 Å². The zero-order chi connectivity index (χ0) is 21.3. The van der Waals surface area contributed by atoms with Crippen LogP contribution in [0.25, 0.3) is 23.1 Å². The van der Waals surface area contributed by atoms with Crippen molar-refractivity contribution in [3.05, 3.63) is 58.9 Å². The van der Waals surface area contributed by atoms with Crippen molar-refractivity contribution in [2.45, 2.75) is 25.2 Å². The molecule has 0 aliphatic rings. The molecule has 6 heteroatoms. The number of rotatable bonds is 10. The van der Waals surface area contributed by atoms with E-state index in [2.05, 4.69) is 54.6 Å². The number of thioether (sulfide) groups is 1. The van der Waals surface area contributed by atoms with E-state index in [1.54, 1.807) is 11.8 Å². The summed E-state index contributed by atoms with van der Waals surface area (Å²) in [5, 5.41) is 5.14. The van der Waals surface area contributed by atoms with Crippen molar-refractivity contribution >= 4 is 52.2 Å². The lowest BCUT2D eigenvalue weighted by atomic mass is 10.2. The number of halogens is 1. The van der Waals surface area contributed by atoms with E-state index in [9.17, 15) is 0 Å². The Kier molecular flexibility index (Phi) is 8.55. The normalized spacial score (nSPS) is 11.6. The number of nitrogens with zero attached hydrogens (tertiary/aromatic N) is 3. The van der Waals surface area contributed by atoms with Crippen molar-refractivity contribution in [1.29, 1.82) is 0 Å². The molecule has 0 saturated carbocycles. The molecule has 30 heavy (non-hydrogen) atoms. The van der Waals surface area contributed by atoms with Crippen molar-refractivity contribution in [2.75, 3.05) is 37.8 Å². The van der Waals surface area contributed by atoms with Crippen molar-refractivity contribution in [3.63, 3.8) is 0 Å². The van der Waals surface area contributed by atoms with Crippen molar-refractivity contribution in [2.24, 2.45) is 0 Å². The van der Waals surface area contributed by atoms with E-state index in [1.165, 1.54) is 4.90 Å². The molecule has 0 radical (unpaired) electrons. The van der Waals surface area contributed by atoms with Crippen LogP contribution in [0.3, 0.4) is 0 Å². The third kappa shape index (κ3) is 6.21. The van der Waals surface area contributed by atoms with Gasteiger partial charge < -0.3 is 10.2 Å². The quantitative estimate of drug-likeness (QED) is 0.295. The van der Waals surface area contributed by atoms with Crippen LogP contribution >= 0.6 is 23.4 Å². The Morgan fingerprint density at radius 3 is 2.50 bits per heavy atom. The van der Waals surface area contributed by atoms with E-state index in [0.29, 0.717) is 10.8 Å². The Balaban J connectivity index is 1.79. The Hall–Kier alpha value is -2.08. The molecular formula is C24H29ClN4S. The maximum absolute atomic E-state index is 6.23. The highest BCUT2D eigenvalue weighted by atomic mass is 35.5. The molecule has 4 nitrogen and oxygen atoms in total. The van der Waals surface area contributed by atoms with E-state index < -0.39 is 0 Å². The third-order valence-electron chi connectivity index (χ3n) is 5.05. The number of hydrogen-bond acceptors (Lipinski definition) is 5. The lowest BCUT2D eigenvalue weighted by Crippen LogP contribution is -2.25. The standard InChI is InChI=1S/C24H29ClN4S/c1-4-29(5-2)16-6-15-26-24-21-17-19(25)10-13-22(21)27-23(28-24)14-9-18-7-11-20(30-3)12-8-18/h7-14,17H,4-6,15-16H2,1-3H3,(H,26,27,28). The summed E-state index contributed by atoms with van der Waals surface area (Å²) in [7, 11) is 0. The van der Waals surface area contributed by atoms with E-state index >= 15 is 0 Å².